The second-order valence-corrected chi connectivity index (χ2v) is 19.9. The number of hydrogen-bond acceptors (Lipinski definition) is 19. The Hall–Kier alpha value is -10.9. The maximum absolute atomic E-state index is 14.6. The Bertz CT molecular complexity index is 3890. The summed E-state index contributed by atoms with van der Waals surface area (Å²) in [6.07, 6.45) is 18.9. The van der Waals surface area contributed by atoms with E-state index in [0.717, 1.165) is 0 Å². The number of pyridine rings is 3. The highest BCUT2D eigenvalue weighted by Crippen LogP contribution is 2.50. The molecule has 3 N–H and O–H groups in total. The van der Waals surface area contributed by atoms with Crippen molar-refractivity contribution in [1.82, 2.24) is 73.6 Å². The third kappa shape index (κ3) is 11.9. The number of nitrogens with one attached hydrogen (secondary N) is 3. The van der Waals surface area contributed by atoms with E-state index in [-0.39, 0.29) is 17.3 Å². The first kappa shape index (κ1) is 52.8. The van der Waals surface area contributed by atoms with Crippen LogP contribution < -0.4 is 16.0 Å². The van der Waals surface area contributed by atoms with Crippen LogP contribution in [0, 0.1) is 0 Å². The number of anilines is 3. The van der Waals surface area contributed by atoms with E-state index in [9.17, 15) is 18.9 Å². The van der Waals surface area contributed by atoms with Crippen molar-refractivity contribution in [3.63, 3.8) is 0 Å². The standard InChI is InChI=1S/C54H45N18O10P/c1-67-28-40(49(64-67)37-10-4-7-19-55-37)61-52(73)46-16-13-43(80-46)34-22-58-70(25-34)31-77-83(76,78-32-71-26-35(23-59-71)44-14-17-47(81-44)53(74)62-41-29-68(2)65-50(41)38-11-5-8-20-56-38)79-33-72-27-36(24-60-72)45-15-18-48(82-45)54(75)63-42-30-69(3)66-51(42)39-12-6-9-21-57-39/h4-30H,31-33H2,1-3H3,(H,61,73)(H,62,74)(H,63,75). The van der Waals surface area contributed by atoms with Gasteiger partial charge in [-0.3, -0.25) is 57.0 Å². The Balaban J connectivity index is 0.722. The van der Waals surface area contributed by atoms with E-state index in [4.69, 9.17) is 26.8 Å². The number of aromatic nitrogens is 15. The first-order valence-electron chi connectivity index (χ1n) is 25.1. The minimum absolute atomic E-state index is 0.0125. The molecular formula is C54H45N18O10P. The third-order valence-corrected chi connectivity index (χ3v) is 13.5. The molecule has 0 aliphatic heterocycles. The molecule has 0 saturated heterocycles. The molecule has 416 valence electrons. The molecule has 0 fully saturated rings. The van der Waals surface area contributed by atoms with E-state index in [1.165, 1.54) is 50.8 Å². The van der Waals surface area contributed by atoms with Crippen LogP contribution in [0.4, 0.5) is 17.1 Å². The van der Waals surface area contributed by atoms with Crippen LogP contribution in [0.2, 0.25) is 0 Å². The lowest BCUT2D eigenvalue weighted by atomic mass is 10.2. The maximum Gasteiger partial charge on any atom is 0.480 e. The number of carbonyl (C=O) groups is 3. The zero-order valence-corrected chi connectivity index (χ0v) is 44.8. The smallest absolute Gasteiger partial charge is 0.451 e. The molecule has 29 heteroatoms. The monoisotopic (exact) mass is 1140 g/mol. The van der Waals surface area contributed by atoms with Gasteiger partial charge in [-0.2, -0.15) is 30.6 Å². The van der Waals surface area contributed by atoms with Crippen molar-refractivity contribution in [3.8, 4) is 68.1 Å². The van der Waals surface area contributed by atoms with E-state index in [0.29, 0.717) is 85.2 Å². The minimum atomic E-state index is -4.55. The summed E-state index contributed by atoms with van der Waals surface area (Å²) < 4.78 is 58.6. The van der Waals surface area contributed by atoms with Gasteiger partial charge in [0.2, 0.25) is 0 Å². The fourth-order valence-electron chi connectivity index (χ4n) is 8.40. The number of rotatable bonds is 21. The molecule has 12 heterocycles. The number of aryl methyl sites for hydroxylation is 3. The number of phosphoric acid groups is 1. The summed E-state index contributed by atoms with van der Waals surface area (Å²) in [6.45, 7) is -1.34. The van der Waals surface area contributed by atoms with Crippen molar-refractivity contribution in [3.05, 3.63) is 183 Å². The molecule has 0 saturated carbocycles. The van der Waals surface area contributed by atoms with Gasteiger partial charge in [-0.25, -0.2) is 18.6 Å². The lowest BCUT2D eigenvalue weighted by molar-refractivity contribution is 0.0457. The molecule has 12 rings (SSSR count). The number of carbonyl (C=O) groups excluding carboxylic acids is 3. The predicted octanol–water partition coefficient (Wildman–Crippen LogP) is 8.63. The molecule has 12 aromatic heterocycles. The van der Waals surface area contributed by atoms with Crippen LogP contribution in [0.1, 0.15) is 31.7 Å². The molecular weight excluding hydrogens is 1090 g/mol. The summed E-state index contributed by atoms with van der Waals surface area (Å²) in [6, 6.07) is 25.5. The molecule has 83 heavy (non-hydrogen) atoms. The number of phosphoric ester groups is 1. The zero-order chi connectivity index (χ0) is 57.0. The lowest BCUT2D eigenvalue weighted by Gasteiger charge is -2.18. The Labute approximate surface area is 468 Å². The molecule has 0 atom stereocenters. The van der Waals surface area contributed by atoms with Crippen molar-refractivity contribution < 1.29 is 45.8 Å². The Kier molecular flexibility index (Phi) is 14.4. The van der Waals surface area contributed by atoms with Gasteiger partial charge in [0.05, 0.1) is 69.4 Å². The Morgan fingerprint density at radius 3 is 1.05 bits per heavy atom. The van der Waals surface area contributed by atoms with E-state index >= 15 is 0 Å². The molecule has 0 bridgehead atoms. The highest BCUT2D eigenvalue weighted by molar-refractivity contribution is 7.48. The topological polar surface area (TPSA) is 317 Å². The van der Waals surface area contributed by atoms with Crippen molar-refractivity contribution >= 4 is 42.6 Å². The van der Waals surface area contributed by atoms with Gasteiger partial charge in [0.1, 0.15) is 34.4 Å². The first-order chi connectivity index (χ1) is 40.3. The van der Waals surface area contributed by atoms with Crippen molar-refractivity contribution in [2.75, 3.05) is 16.0 Å². The van der Waals surface area contributed by atoms with Crippen LogP contribution in [0.3, 0.4) is 0 Å². The highest BCUT2D eigenvalue weighted by Gasteiger charge is 2.30. The normalized spacial score (nSPS) is 11.6. The van der Waals surface area contributed by atoms with Gasteiger partial charge in [-0.1, -0.05) is 18.2 Å². The molecule has 0 unspecified atom stereocenters. The van der Waals surface area contributed by atoms with E-state index < -0.39 is 45.7 Å². The van der Waals surface area contributed by atoms with Gasteiger partial charge in [0, 0.05) is 76.9 Å². The van der Waals surface area contributed by atoms with Crippen LogP contribution >= 0.6 is 7.82 Å². The average molecular weight is 1140 g/mol. The summed E-state index contributed by atoms with van der Waals surface area (Å²) in [5.41, 5.74) is 5.88. The van der Waals surface area contributed by atoms with Gasteiger partial charge < -0.3 is 29.2 Å². The van der Waals surface area contributed by atoms with Crippen LogP contribution in [-0.2, 0) is 59.5 Å². The van der Waals surface area contributed by atoms with Crippen molar-refractivity contribution in [2.45, 2.75) is 20.2 Å². The fourth-order valence-corrected chi connectivity index (χ4v) is 9.40. The Morgan fingerprint density at radius 2 is 0.759 bits per heavy atom. The fraction of sp³-hybridized carbons (Fsp3) is 0.111. The highest BCUT2D eigenvalue weighted by atomic mass is 31.2. The van der Waals surface area contributed by atoms with Gasteiger partial charge >= 0.3 is 7.82 Å². The molecule has 0 aliphatic rings. The van der Waals surface area contributed by atoms with E-state index in [1.54, 1.807) is 146 Å². The predicted molar refractivity (Wildman–Crippen MR) is 294 cm³/mol. The summed E-state index contributed by atoms with van der Waals surface area (Å²) in [4.78, 5) is 53.2. The Morgan fingerprint density at radius 1 is 0.446 bits per heavy atom. The van der Waals surface area contributed by atoms with Crippen LogP contribution in [0.25, 0.3) is 68.1 Å². The van der Waals surface area contributed by atoms with Crippen LogP contribution in [0.15, 0.2) is 179 Å². The third-order valence-electron chi connectivity index (χ3n) is 12.2. The zero-order valence-electron chi connectivity index (χ0n) is 43.9. The average Bonchev–Trinajstić information content (AvgIpc) is 4.42. The van der Waals surface area contributed by atoms with Crippen LogP contribution in [0.5, 0.6) is 0 Å². The van der Waals surface area contributed by atoms with Gasteiger partial charge in [0.15, 0.2) is 37.5 Å². The molecule has 0 spiro atoms. The van der Waals surface area contributed by atoms with Gasteiger partial charge in [-0.15, -0.1) is 0 Å². The van der Waals surface area contributed by atoms with Crippen molar-refractivity contribution in [1.29, 1.82) is 0 Å². The molecule has 0 aromatic carbocycles. The van der Waals surface area contributed by atoms with Crippen molar-refractivity contribution in [2.24, 2.45) is 21.1 Å². The largest absolute Gasteiger partial charge is 0.480 e. The minimum Gasteiger partial charge on any atom is -0.451 e. The summed E-state index contributed by atoms with van der Waals surface area (Å²) in [7, 11) is 0.651. The van der Waals surface area contributed by atoms with Crippen LogP contribution in [-0.4, -0.2) is 91.4 Å². The molecule has 28 nitrogen and oxygen atoms in total. The number of furan rings is 3. The quantitative estimate of drug-likeness (QED) is 0.0567. The molecule has 12 aromatic rings. The van der Waals surface area contributed by atoms with E-state index in [2.05, 4.69) is 61.5 Å². The summed E-state index contributed by atoms with van der Waals surface area (Å²) >= 11 is 0. The van der Waals surface area contributed by atoms with Gasteiger partial charge in [-0.05, 0) is 72.8 Å². The molecule has 0 radical (unpaired) electrons. The maximum atomic E-state index is 14.6. The first-order valence-corrected chi connectivity index (χ1v) is 26.5. The second kappa shape index (κ2) is 22.7. The van der Waals surface area contributed by atoms with E-state index in [1.807, 2.05) is 18.2 Å². The second-order valence-electron chi connectivity index (χ2n) is 18.2. The number of hydrogen-bond donors (Lipinski definition) is 3. The summed E-state index contributed by atoms with van der Waals surface area (Å²) in [5, 5.41) is 34.9. The molecule has 3 amide bonds. The molecule has 0 aliphatic carbocycles. The van der Waals surface area contributed by atoms with Gasteiger partial charge in [0.25, 0.3) is 17.7 Å². The SMILES string of the molecule is Cn1cc(NC(=O)c2ccc(-c3cnn(COP(=O)(OCn4cc(-c5ccc(C(=O)Nc6cn(C)nc6-c6ccccn6)o5)cn4)OCn4cc(-c5ccc(C(=O)Nc6cn(C)nc6-c6ccccn6)o5)cn4)c3)o2)c(-c2ccccn2)n1. The number of nitrogens with zero attached hydrogens (tertiary/aromatic N) is 15. The summed E-state index contributed by atoms with van der Waals surface area (Å²) in [5.74, 6) is -0.625. The number of amides is 3. The lowest BCUT2D eigenvalue weighted by Crippen LogP contribution is -2.11.